The van der Waals surface area contributed by atoms with E-state index >= 15 is 0 Å². The molecule has 122 valence electrons. The number of carbonyl (C=O) groups is 1. The predicted molar refractivity (Wildman–Crippen MR) is 93.3 cm³/mol. The van der Waals surface area contributed by atoms with Gasteiger partial charge in [0.05, 0.1) is 13.7 Å². The van der Waals surface area contributed by atoms with Gasteiger partial charge < -0.3 is 9.47 Å². The van der Waals surface area contributed by atoms with Crippen molar-refractivity contribution in [1.29, 1.82) is 5.26 Å². The van der Waals surface area contributed by atoms with Crippen molar-refractivity contribution < 1.29 is 14.3 Å². The average molecular weight is 321 g/mol. The van der Waals surface area contributed by atoms with Crippen molar-refractivity contribution in [3.05, 3.63) is 64.7 Å². The summed E-state index contributed by atoms with van der Waals surface area (Å²) in [6.07, 6.45) is 1.53. The summed E-state index contributed by atoms with van der Waals surface area (Å²) in [6.45, 7) is 4.28. The Hall–Kier alpha value is -3.06. The molecule has 0 aliphatic rings. The Morgan fingerprint density at radius 2 is 2.00 bits per heavy atom. The maximum atomic E-state index is 12.6. The van der Waals surface area contributed by atoms with E-state index < -0.39 is 0 Å². The molecule has 0 unspecified atom stereocenters. The number of hydrogen-bond acceptors (Lipinski definition) is 4. The third-order valence-electron chi connectivity index (χ3n) is 3.46. The maximum Gasteiger partial charge on any atom is 0.203 e. The third-order valence-corrected chi connectivity index (χ3v) is 3.46. The molecule has 2 aromatic carbocycles. The van der Waals surface area contributed by atoms with Crippen LogP contribution < -0.4 is 9.47 Å². The smallest absolute Gasteiger partial charge is 0.203 e. The van der Waals surface area contributed by atoms with Crippen LogP contribution in [0.4, 0.5) is 0 Å². The number of hydrogen-bond donors (Lipinski definition) is 0. The zero-order chi connectivity index (χ0) is 17.5. The normalized spacial score (nSPS) is 10.8. The Morgan fingerprint density at radius 3 is 2.62 bits per heavy atom. The van der Waals surface area contributed by atoms with Gasteiger partial charge in [0.1, 0.15) is 11.6 Å². The molecule has 0 aliphatic carbocycles. The Bertz CT molecular complexity index is 816. The van der Waals surface area contributed by atoms with Gasteiger partial charge in [-0.3, -0.25) is 4.79 Å². The van der Waals surface area contributed by atoms with Gasteiger partial charge in [0.2, 0.25) is 5.78 Å². The number of Topliss-reactive ketones (excluding diaryl/α,β-unsaturated/α-hetero) is 1. The molecular formula is C20H19NO3. The van der Waals surface area contributed by atoms with E-state index in [9.17, 15) is 10.1 Å². The van der Waals surface area contributed by atoms with E-state index in [4.69, 9.17) is 9.47 Å². The maximum absolute atomic E-state index is 12.6. The van der Waals surface area contributed by atoms with Gasteiger partial charge in [-0.1, -0.05) is 35.9 Å². The number of aryl methyl sites for hydroxylation is 1. The molecule has 2 rings (SSSR count). The summed E-state index contributed by atoms with van der Waals surface area (Å²) < 4.78 is 10.9. The van der Waals surface area contributed by atoms with Crippen LogP contribution in [0.5, 0.6) is 11.5 Å². The number of nitrogens with zero attached hydrogens (tertiary/aromatic N) is 1. The van der Waals surface area contributed by atoms with Gasteiger partial charge in [-0.25, -0.2) is 0 Å². The second kappa shape index (κ2) is 7.98. The molecule has 0 aliphatic heterocycles. The fourth-order valence-electron chi connectivity index (χ4n) is 2.38. The largest absolute Gasteiger partial charge is 0.492 e. The second-order valence-corrected chi connectivity index (χ2v) is 5.18. The molecular weight excluding hydrogens is 302 g/mol. The Labute approximate surface area is 141 Å². The van der Waals surface area contributed by atoms with Crippen LogP contribution in [0.2, 0.25) is 0 Å². The molecule has 0 saturated heterocycles. The molecule has 0 N–H and O–H groups in total. The molecule has 0 fully saturated rings. The number of allylic oxidation sites excluding steroid dienone is 1. The van der Waals surface area contributed by atoms with Gasteiger partial charge >= 0.3 is 0 Å². The van der Waals surface area contributed by atoms with E-state index in [1.807, 2.05) is 26.0 Å². The number of carbonyl (C=O) groups excluding carboxylic acids is 1. The quantitative estimate of drug-likeness (QED) is 0.455. The van der Waals surface area contributed by atoms with Crippen LogP contribution in [0.1, 0.15) is 28.4 Å². The van der Waals surface area contributed by atoms with E-state index in [0.29, 0.717) is 29.2 Å². The first-order valence-electron chi connectivity index (χ1n) is 7.63. The second-order valence-electron chi connectivity index (χ2n) is 5.18. The lowest BCUT2D eigenvalue weighted by atomic mass is 10.00. The van der Waals surface area contributed by atoms with Gasteiger partial charge in [0, 0.05) is 11.1 Å². The van der Waals surface area contributed by atoms with Crippen molar-refractivity contribution >= 4 is 11.9 Å². The minimum Gasteiger partial charge on any atom is -0.492 e. The van der Waals surface area contributed by atoms with Gasteiger partial charge in [0.15, 0.2) is 11.5 Å². The standard InChI is InChI=1S/C20H19NO3/c1-4-24-18-10-6-9-16(20(18)23-3)12-17(13-21)19(22)15-8-5-7-14(2)11-15/h5-12H,4H2,1-3H3/b17-12+. The summed E-state index contributed by atoms with van der Waals surface area (Å²) >= 11 is 0. The third kappa shape index (κ3) is 3.82. The number of benzene rings is 2. The van der Waals surface area contributed by atoms with Crippen molar-refractivity contribution in [1.82, 2.24) is 0 Å². The van der Waals surface area contributed by atoms with E-state index in [-0.39, 0.29) is 11.4 Å². The topological polar surface area (TPSA) is 59.3 Å². The van der Waals surface area contributed by atoms with Gasteiger partial charge in [0.25, 0.3) is 0 Å². The molecule has 0 amide bonds. The Kier molecular flexibility index (Phi) is 5.75. The summed E-state index contributed by atoms with van der Waals surface area (Å²) in [5.74, 6) is 0.767. The van der Waals surface area contributed by atoms with Gasteiger partial charge in [-0.2, -0.15) is 5.26 Å². The van der Waals surface area contributed by atoms with Crippen molar-refractivity contribution in [3.63, 3.8) is 0 Å². The molecule has 0 bridgehead atoms. The Morgan fingerprint density at radius 1 is 1.25 bits per heavy atom. The first-order valence-corrected chi connectivity index (χ1v) is 7.63. The van der Waals surface area contributed by atoms with E-state index in [0.717, 1.165) is 5.56 Å². The highest BCUT2D eigenvalue weighted by molar-refractivity contribution is 6.14. The molecule has 4 heteroatoms. The van der Waals surface area contributed by atoms with E-state index in [2.05, 4.69) is 0 Å². The highest BCUT2D eigenvalue weighted by Crippen LogP contribution is 2.32. The summed E-state index contributed by atoms with van der Waals surface area (Å²) in [7, 11) is 1.53. The van der Waals surface area contributed by atoms with Crippen LogP contribution in [-0.4, -0.2) is 19.5 Å². The summed E-state index contributed by atoms with van der Waals surface area (Å²) in [5, 5.41) is 9.41. The monoisotopic (exact) mass is 321 g/mol. The van der Waals surface area contributed by atoms with Crippen LogP contribution >= 0.6 is 0 Å². The van der Waals surface area contributed by atoms with E-state index in [1.165, 1.54) is 13.2 Å². The zero-order valence-electron chi connectivity index (χ0n) is 14.0. The van der Waals surface area contributed by atoms with Crippen LogP contribution in [-0.2, 0) is 0 Å². The number of para-hydroxylation sites is 1. The summed E-state index contributed by atoms with van der Waals surface area (Å²) in [5.41, 5.74) is 2.13. The summed E-state index contributed by atoms with van der Waals surface area (Å²) in [4.78, 5) is 12.6. The summed E-state index contributed by atoms with van der Waals surface area (Å²) in [6, 6.07) is 14.5. The fraction of sp³-hybridized carbons (Fsp3) is 0.200. The number of ether oxygens (including phenoxy) is 2. The first kappa shape index (κ1) is 17.3. The van der Waals surface area contributed by atoms with Crippen LogP contribution in [0.15, 0.2) is 48.0 Å². The van der Waals surface area contributed by atoms with Crippen molar-refractivity contribution in [2.24, 2.45) is 0 Å². The molecule has 0 aromatic heterocycles. The average Bonchev–Trinajstić information content (AvgIpc) is 2.59. The molecule has 0 saturated carbocycles. The van der Waals surface area contributed by atoms with Gasteiger partial charge in [-0.15, -0.1) is 0 Å². The minimum atomic E-state index is -0.315. The molecule has 0 heterocycles. The highest BCUT2D eigenvalue weighted by Gasteiger charge is 2.15. The van der Waals surface area contributed by atoms with Crippen LogP contribution in [0, 0.1) is 18.3 Å². The number of rotatable bonds is 6. The zero-order valence-corrected chi connectivity index (χ0v) is 14.0. The highest BCUT2D eigenvalue weighted by atomic mass is 16.5. The first-order chi connectivity index (χ1) is 11.6. The Balaban J connectivity index is 2.46. The van der Waals surface area contributed by atoms with Crippen LogP contribution in [0.25, 0.3) is 6.08 Å². The predicted octanol–water partition coefficient (Wildman–Crippen LogP) is 4.19. The molecule has 24 heavy (non-hydrogen) atoms. The van der Waals surface area contributed by atoms with Crippen molar-refractivity contribution in [2.75, 3.05) is 13.7 Å². The van der Waals surface area contributed by atoms with Crippen LogP contribution in [0.3, 0.4) is 0 Å². The molecule has 0 radical (unpaired) electrons. The fourth-order valence-corrected chi connectivity index (χ4v) is 2.38. The molecule has 0 atom stereocenters. The molecule has 0 spiro atoms. The number of nitriles is 1. The van der Waals surface area contributed by atoms with Crippen molar-refractivity contribution in [2.45, 2.75) is 13.8 Å². The SMILES string of the molecule is CCOc1cccc(/C=C(\C#N)C(=O)c2cccc(C)c2)c1OC. The molecule has 2 aromatic rings. The number of methoxy groups -OCH3 is 1. The van der Waals surface area contributed by atoms with E-state index in [1.54, 1.807) is 36.4 Å². The van der Waals surface area contributed by atoms with Gasteiger partial charge in [-0.05, 0) is 32.1 Å². The lowest BCUT2D eigenvalue weighted by Crippen LogP contribution is -2.03. The van der Waals surface area contributed by atoms with Crippen molar-refractivity contribution in [3.8, 4) is 17.6 Å². The minimum absolute atomic E-state index is 0.0487. The lowest BCUT2D eigenvalue weighted by molar-refractivity contribution is 0.104. The lowest BCUT2D eigenvalue weighted by Gasteiger charge is -2.11. The molecule has 4 nitrogen and oxygen atoms in total. The number of ketones is 1.